The van der Waals surface area contributed by atoms with Crippen LogP contribution in [-0.4, -0.2) is 9.55 Å². The predicted molar refractivity (Wildman–Crippen MR) is 45.5 cm³/mol. The van der Waals surface area contributed by atoms with Crippen LogP contribution in [0.4, 0.5) is 0 Å². The van der Waals surface area contributed by atoms with Gasteiger partial charge in [-0.05, 0) is 18.6 Å². The summed E-state index contributed by atoms with van der Waals surface area (Å²) in [7, 11) is 2.02. The molecular formula is C9H10N2. The number of hydrogen-bond donors (Lipinski definition) is 0. The Hall–Kier alpha value is -1.31. The largest absolute Gasteiger partial charge is 0.334 e. The van der Waals surface area contributed by atoms with Gasteiger partial charge in [0.25, 0.3) is 0 Å². The number of para-hydroxylation sites is 1. The molecule has 0 spiro atoms. The molecule has 2 aromatic rings. The molecule has 0 fully saturated rings. The van der Waals surface area contributed by atoms with Gasteiger partial charge < -0.3 is 4.57 Å². The Labute approximate surface area is 65.5 Å². The Morgan fingerprint density at radius 2 is 2.18 bits per heavy atom. The van der Waals surface area contributed by atoms with Crippen molar-refractivity contribution in [3.05, 3.63) is 30.1 Å². The number of aryl methyl sites for hydroxylation is 2. The van der Waals surface area contributed by atoms with Crippen molar-refractivity contribution in [1.29, 1.82) is 0 Å². The average Bonchev–Trinajstić information content (AvgIpc) is 2.34. The third kappa shape index (κ3) is 0.827. The van der Waals surface area contributed by atoms with Crippen LogP contribution in [0.15, 0.2) is 24.5 Å². The number of hydrogen-bond acceptors (Lipinski definition) is 1. The van der Waals surface area contributed by atoms with Gasteiger partial charge >= 0.3 is 0 Å². The van der Waals surface area contributed by atoms with Gasteiger partial charge in [-0.3, -0.25) is 0 Å². The highest BCUT2D eigenvalue weighted by atomic mass is 15.0. The zero-order valence-electron chi connectivity index (χ0n) is 6.70. The summed E-state index contributed by atoms with van der Waals surface area (Å²) in [6, 6.07) is 6.16. The van der Waals surface area contributed by atoms with Crippen molar-refractivity contribution >= 4 is 11.0 Å². The number of fused-ring (bicyclic) bond motifs is 1. The summed E-state index contributed by atoms with van der Waals surface area (Å²) in [5.41, 5.74) is 3.59. The van der Waals surface area contributed by atoms with Crippen molar-refractivity contribution in [3.8, 4) is 0 Å². The maximum absolute atomic E-state index is 4.24. The summed E-state index contributed by atoms with van der Waals surface area (Å²) in [5, 5.41) is 0. The molecule has 2 rings (SSSR count). The first-order valence-electron chi connectivity index (χ1n) is 3.65. The normalized spacial score (nSPS) is 10.7. The Balaban J connectivity index is 2.96. The fourth-order valence-corrected chi connectivity index (χ4v) is 1.41. The van der Waals surface area contributed by atoms with E-state index in [1.807, 2.05) is 30.1 Å². The van der Waals surface area contributed by atoms with Gasteiger partial charge in [-0.15, -0.1) is 0 Å². The molecule has 1 heterocycles. The standard InChI is InChI=1S/C9H10N2/c1-7-4-3-5-8-9(7)11(2)6-10-8/h3-6H,1-2H3. The molecule has 0 aliphatic heterocycles. The van der Waals surface area contributed by atoms with Gasteiger partial charge in [-0.1, -0.05) is 12.1 Å². The molecular weight excluding hydrogens is 136 g/mol. The summed E-state index contributed by atoms with van der Waals surface area (Å²) < 4.78 is 2.05. The fraction of sp³-hybridized carbons (Fsp3) is 0.222. The van der Waals surface area contributed by atoms with E-state index in [0.29, 0.717) is 0 Å². The molecule has 0 saturated heterocycles. The monoisotopic (exact) mass is 146 g/mol. The zero-order chi connectivity index (χ0) is 7.84. The first kappa shape index (κ1) is 6.40. The molecule has 1 aromatic heterocycles. The molecule has 0 atom stereocenters. The van der Waals surface area contributed by atoms with Crippen molar-refractivity contribution in [3.63, 3.8) is 0 Å². The van der Waals surface area contributed by atoms with Crippen LogP contribution in [0.3, 0.4) is 0 Å². The molecule has 0 amide bonds. The third-order valence-corrected chi connectivity index (χ3v) is 1.94. The van der Waals surface area contributed by atoms with Gasteiger partial charge in [0.2, 0.25) is 0 Å². The van der Waals surface area contributed by atoms with Gasteiger partial charge in [-0.2, -0.15) is 0 Å². The molecule has 11 heavy (non-hydrogen) atoms. The van der Waals surface area contributed by atoms with Crippen LogP contribution >= 0.6 is 0 Å². The number of aromatic nitrogens is 2. The zero-order valence-corrected chi connectivity index (χ0v) is 6.70. The minimum absolute atomic E-state index is 1.08. The van der Waals surface area contributed by atoms with Crippen LogP contribution in [-0.2, 0) is 7.05 Å². The molecule has 0 N–H and O–H groups in total. The molecule has 0 aliphatic rings. The maximum Gasteiger partial charge on any atom is 0.0955 e. The van der Waals surface area contributed by atoms with Crippen LogP contribution in [0.5, 0.6) is 0 Å². The van der Waals surface area contributed by atoms with Crippen molar-refractivity contribution in [1.82, 2.24) is 9.55 Å². The molecule has 0 radical (unpaired) electrons. The highest BCUT2D eigenvalue weighted by Gasteiger charge is 1.99. The lowest BCUT2D eigenvalue weighted by Crippen LogP contribution is -1.86. The van der Waals surface area contributed by atoms with Crippen molar-refractivity contribution < 1.29 is 0 Å². The van der Waals surface area contributed by atoms with E-state index in [0.717, 1.165) is 5.52 Å². The van der Waals surface area contributed by atoms with Crippen LogP contribution in [0.25, 0.3) is 11.0 Å². The third-order valence-electron chi connectivity index (χ3n) is 1.94. The summed E-state index contributed by atoms with van der Waals surface area (Å²) in [5.74, 6) is 0. The van der Waals surface area contributed by atoms with E-state index in [-0.39, 0.29) is 0 Å². The Bertz CT molecular complexity index is 387. The second kappa shape index (κ2) is 2.09. The lowest BCUT2D eigenvalue weighted by Gasteiger charge is -1.97. The highest BCUT2D eigenvalue weighted by molar-refractivity contribution is 5.78. The topological polar surface area (TPSA) is 17.8 Å². The van der Waals surface area contributed by atoms with Crippen molar-refractivity contribution in [2.75, 3.05) is 0 Å². The number of rotatable bonds is 0. The van der Waals surface area contributed by atoms with Gasteiger partial charge in [0, 0.05) is 7.05 Å². The van der Waals surface area contributed by atoms with Crippen LogP contribution < -0.4 is 0 Å². The lowest BCUT2D eigenvalue weighted by atomic mass is 10.2. The van der Waals surface area contributed by atoms with Crippen molar-refractivity contribution in [2.45, 2.75) is 6.92 Å². The first-order chi connectivity index (χ1) is 5.29. The second-order valence-electron chi connectivity index (χ2n) is 2.80. The second-order valence-corrected chi connectivity index (χ2v) is 2.80. The molecule has 0 aliphatic carbocycles. The summed E-state index contributed by atoms with van der Waals surface area (Å²) in [4.78, 5) is 4.24. The minimum Gasteiger partial charge on any atom is -0.334 e. The molecule has 1 aromatic carbocycles. The molecule has 2 heteroatoms. The number of benzene rings is 1. The SMILES string of the molecule is Cc1cccc2ncn(C)c12. The molecule has 0 unspecified atom stereocenters. The van der Waals surface area contributed by atoms with Crippen LogP contribution in [0, 0.1) is 6.92 Å². The lowest BCUT2D eigenvalue weighted by molar-refractivity contribution is 0.944. The van der Waals surface area contributed by atoms with E-state index in [9.17, 15) is 0 Å². The Kier molecular flexibility index (Phi) is 1.22. The smallest absolute Gasteiger partial charge is 0.0955 e. The average molecular weight is 146 g/mol. The van der Waals surface area contributed by atoms with E-state index < -0.39 is 0 Å². The fourth-order valence-electron chi connectivity index (χ4n) is 1.41. The quantitative estimate of drug-likeness (QED) is 0.555. The predicted octanol–water partition coefficient (Wildman–Crippen LogP) is 1.88. The summed E-state index contributed by atoms with van der Waals surface area (Å²) >= 11 is 0. The van der Waals surface area contributed by atoms with Crippen LogP contribution in [0.2, 0.25) is 0 Å². The van der Waals surface area contributed by atoms with Gasteiger partial charge in [0.05, 0.1) is 17.4 Å². The molecule has 0 bridgehead atoms. The van der Waals surface area contributed by atoms with E-state index in [1.165, 1.54) is 11.1 Å². The van der Waals surface area contributed by atoms with E-state index in [4.69, 9.17) is 0 Å². The number of nitrogens with zero attached hydrogens (tertiary/aromatic N) is 2. The Morgan fingerprint density at radius 3 is 2.91 bits per heavy atom. The van der Waals surface area contributed by atoms with E-state index in [1.54, 1.807) is 0 Å². The summed E-state index contributed by atoms with van der Waals surface area (Å²) in [6.45, 7) is 2.10. The van der Waals surface area contributed by atoms with E-state index in [2.05, 4.69) is 18.0 Å². The molecule has 0 saturated carbocycles. The summed E-state index contributed by atoms with van der Waals surface area (Å²) in [6.07, 6.45) is 1.84. The van der Waals surface area contributed by atoms with Crippen molar-refractivity contribution in [2.24, 2.45) is 7.05 Å². The minimum atomic E-state index is 1.08. The van der Waals surface area contributed by atoms with Gasteiger partial charge in [0.15, 0.2) is 0 Å². The maximum atomic E-state index is 4.24. The highest BCUT2D eigenvalue weighted by Crippen LogP contribution is 2.14. The Morgan fingerprint density at radius 1 is 1.36 bits per heavy atom. The van der Waals surface area contributed by atoms with Gasteiger partial charge in [-0.25, -0.2) is 4.98 Å². The van der Waals surface area contributed by atoms with Gasteiger partial charge in [0.1, 0.15) is 0 Å². The number of imidazole rings is 1. The van der Waals surface area contributed by atoms with Crippen LogP contribution in [0.1, 0.15) is 5.56 Å². The molecule has 56 valence electrons. The first-order valence-corrected chi connectivity index (χ1v) is 3.65. The van der Waals surface area contributed by atoms with E-state index >= 15 is 0 Å². The molecule has 2 nitrogen and oxygen atoms in total.